The van der Waals surface area contributed by atoms with E-state index in [0.29, 0.717) is 25.7 Å². The quantitative estimate of drug-likeness (QED) is 0.216. The molecule has 33 heavy (non-hydrogen) atoms. The van der Waals surface area contributed by atoms with E-state index < -0.39 is 59.7 Å². The molecule has 2 saturated heterocycles. The average molecular weight is 469 g/mol. The maximum absolute atomic E-state index is 13.0. The Balaban J connectivity index is 2.11. The number of hydrogen-bond acceptors (Lipinski definition) is 7. The first kappa shape index (κ1) is 26.0. The van der Waals surface area contributed by atoms with Crippen LogP contribution in [0.2, 0.25) is 0 Å². The van der Waals surface area contributed by atoms with Crippen molar-refractivity contribution in [1.82, 2.24) is 15.1 Å². The Bertz CT molecular complexity index is 804. The van der Waals surface area contributed by atoms with Gasteiger partial charge < -0.3 is 37.4 Å². The van der Waals surface area contributed by atoms with E-state index in [1.807, 2.05) is 0 Å². The van der Waals surface area contributed by atoms with Crippen LogP contribution in [0.5, 0.6) is 0 Å². The highest BCUT2D eigenvalue weighted by atomic mass is 16.4. The maximum atomic E-state index is 13.0. The van der Waals surface area contributed by atoms with Crippen molar-refractivity contribution < 1.29 is 33.9 Å². The average Bonchev–Trinajstić information content (AvgIpc) is 3.43. The van der Waals surface area contributed by atoms with Gasteiger partial charge in [0.15, 0.2) is 0 Å². The second-order valence-electron chi connectivity index (χ2n) is 8.40. The minimum atomic E-state index is -1.16. The van der Waals surface area contributed by atoms with E-state index in [9.17, 15) is 33.9 Å². The van der Waals surface area contributed by atoms with Crippen LogP contribution in [0.3, 0.4) is 0 Å². The molecule has 13 heteroatoms. The number of primary amides is 2. The Morgan fingerprint density at radius 1 is 0.848 bits per heavy atom. The van der Waals surface area contributed by atoms with E-state index in [1.165, 1.54) is 9.80 Å². The molecule has 2 fully saturated rings. The van der Waals surface area contributed by atoms with Crippen molar-refractivity contribution in [2.45, 2.75) is 75.5 Å². The van der Waals surface area contributed by atoms with E-state index in [4.69, 9.17) is 17.2 Å². The molecule has 4 unspecified atom stereocenters. The monoisotopic (exact) mass is 468 g/mol. The van der Waals surface area contributed by atoms with Crippen molar-refractivity contribution in [2.75, 3.05) is 13.1 Å². The van der Waals surface area contributed by atoms with Gasteiger partial charge in [-0.1, -0.05) is 0 Å². The van der Waals surface area contributed by atoms with Crippen LogP contribution >= 0.6 is 0 Å². The van der Waals surface area contributed by atoms with Crippen LogP contribution in [0, 0.1) is 0 Å². The molecule has 0 spiro atoms. The second kappa shape index (κ2) is 11.6. The fourth-order valence-corrected chi connectivity index (χ4v) is 4.24. The van der Waals surface area contributed by atoms with Gasteiger partial charge in [0.2, 0.25) is 29.5 Å². The lowest BCUT2D eigenvalue weighted by Gasteiger charge is -2.30. The topological polar surface area (TPSA) is 219 Å². The van der Waals surface area contributed by atoms with Crippen LogP contribution in [-0.2, 0) is 28.8 Å². The number of nitrogens with one attached hydrogen (secondary N) is 1. The zero-order valence-electron chi connectivity index (χ0n) is 18.4. The number of nitrogens with two attached hydrogens (primary N) is 3. The molecule has 2 aliphatic heterocycles. The van der Waals surface area contributed by atoms with Crippen LogP contribution in [0.4, 0.5) is 0 Å². The summed E-state index contributed by atoms with van der Waals surface area (Å²) >= 11 is 0. The Morgan fingerprint density at radius 2 is 1.36 bits per heavy atom. The van der Waals surface area contributed by atoms with E-state index >= 15 is 0 Å². The molecule has 0 radical (unpaired) electrons. The van der Waals surface area contributed by atoms with Crippen molar-refractivity contribution in [3.63, 3.8) is 0 Å². The first-order valence-electron chi connectivity index (χ1n) is 11.0. The lowest BCUT2D eigenvalue weighted by atomic mass is 10.1. The van der Waals surface area contributed by atoms with Crippen molar-refractivity contribution in [3.05, 3.63) is 0 Å². The summed E-state index contributed by atoms with van der Waals surface area (Å²) in [5.41, 5.74) is 16.2. The molecular formula is C20H32N6O7. The lowest BCUT2D eigenvalue weighted by Crippen LogP contribution is -2.56. The molecule has 2 rings (SSSR count). The van der Waals surface area contributed by atoms with Gasteiger partial charge in [0.05, 0.1) is 6.04 Å². The summed E-state index contributed by atoms with van der Waals surface area (Å²) in [6.45, 7) is 0.510. The molecule has 5 amide bonds. The Morgan fingerprint density at radius 3 is 1.91 bits per heavy atom. The van der Waals surface area contributed by atoms with Gasteiger partial charge in [-0.15, -0.1) is 0 Å². The van der Waals surface area contributed by atoms with E-state index in [1.54, 1.807) is 0 Å². The Hall–Kier alpha value is -3.22. The standard InChI is InChI=1S/C20H32N6O7/c21-11(5-7-15(22)27)18(30)25-9-1-3-13(25)17(29)24-12(6-8-16(23)28)19(31)26-10-2-4-14(26)20(32)33/h11-14H,1-10,21H2,(H2,22,27)(H2,23,28)(H,24,29)(H,32,33). The van der Waals surface area contributed by atoms with Crippen LogP contribution in [0.25, 0.3) is 0 Å². The number of rotatable bonds is 11. The molecule has 0 aromatic rings. The van der Waals surface area contributed by atoms with Crippen LogP contribution in [0.15, 0.2) is 0 Å². The third-order valence-corrected chi connectivity index (χ3v) is 5.97. The zero-order chi connectivity index (χ0) is 24.7. The van der Waals surface area contributed by atoms with Crippen LogP contribution in [0.1, 0.15) is 51.4 Å². The first-order valence-corrected chi connectivity index (χ1v) is 11.0. The highest BCUT2D eigenvalue weighted by Gasteiger charge is 2.40. The zero-order valence-corrected chi connectivity index (χ0v) is 18.4. The third kappa shape index (κ3) is 6.88. The molecule has 4 atom stereocenters. The summed E-state index contributed by atoms with van der Waals surface area (Å²) in [5, 5.41) is 12.0. The number of nitrogens with zero attached hydrogens (tertiary/aromatic N) is 2. The van der Waals surface area contributed by atoms with E-state index in [-0.39, 0.29) is 38.8 Å². The fourth-order valence-electron chi connectivity index (χ4n) is 4.24. The highest BCUT2D eigenvalue weighted by Crippen LogP contribution is 2.22. The van der Waals surface area contributed by atoms with Gasteiger partial charge in [-0.2, -0.15) is 0 Å². The SMILES string of the molecule is NC(=O)CCC(N)C(=O)N1CCCC1C(=O)NC(CCC(N)=O)C(=O)N1CCCC1C(=O)O. The number of aliphatic carboxylic acids is 1. The van der Waals surface area contributed by atoms with Crippen molar-refractivity contribution in [1.29, 1.82) is 0 Å². The number of carbonyl (C=O) groups is 6. The Labute approximate surface area is 191 Å². The van der Waals surface area contributed by atoms with Gasteiger partial charge in [-0.3, -0.25) is 24.0 Å². The minimum Gasteiger partial charge on any atom is -0.480 e. The molecule has 184 valence electrons. The number of hydrogen-bond donors (Lipinski definition) is 5. The van der Waals surface area contributed by atoms with Crippen LogP contribution < -0.4 is 22.5 Å². The second-order valence-corrected chi connectivity index (χ2v) is 8.40. The van der Waals surface area contributed by atoms with E-state index in [2.05, 4.69) is 5.32 Å². The number of carboxylic acid groups (broad SMARTS) is 1. The van der Waals surface area contributed by atoms with Gasteiger partial charge in [0.1, 0.15) is 18.1 Å². The highest BCUT2D eigenvalue weighted by molar-refractivity contribution is 5.95. The molecule has 0 bridgehead atoms. The maximum Gasteiger partial charge on any atom is 0.326 e. The van der Waals surface area contributed by atoms with Gasteiger partial charge in [0.25, 0.3) is 0 Å². The van der Waals surface area contributed by atoms with Crippen molar-refractivity contribution in [2.24, 2.45) is 17.2 Å². The molecular weight excluding hydrogens is 436 g/mol. The molecule has 0 aromatic heterocycles. The molecule has 2 heterocycles. The normalized spacial score (nSPS) is 22.0. The molecule has 2 aliphatic rings. The molecule has 8 N–H and O–H groups in total. The van der Waals surface area contributed by atoms with Gasteiger partial charge in [-0.05, 0) is 38.5 Å². The largest absolute Gasteiger partial charge is 0.480 e. The number of carboxylic acids is 1. The Kier molecular flexibility index (Phi) is 9.14. The summed E-state index contributed by atoms with van der Waals surface area (Å²) in [5.74, 6) is -4.11. The summed E-state index contributed by atoms with van der Waals surface area (Å²) < 4.78 is 0. The summed E-state index contributed by atoms with van der Waals surface area (Å²) in [6.07, 6.45) is 1.39. The molecule has 0 aliphatic carbocycles. The smallest absolute Gasteiger partial charge is 0.326 e. The molecule has 0 saturated carbocycles. The number of likely N-dealkylation sites (tertiary alicyclic amines) is 2. The first-order chi connectivity index (χ1) is 15.5. The molecule has 13 nitrogen and oxygen atoms in total. The summed E-state index contributed by atoms with van der Waals surface area (Å²) in [4.78, 5) is 75.0. The van der Waals surface area contributed by atoms with Gasteiger partial charge in [-0.25, -0.2) is 4.79 Å². The van der Waals surface area contributed by atoms with Gasteiger partial charge in [0, 0.05) is 25.9 Å². The van der Waals surface area contributed by atoms with Gasteiger partial charge >= 0.3 is 5.97 Å². The van der Waals surface area contributed by atoms with Crippen molar-refractivity contribution >= 4 is 35.5 Å². The predicted molar refractivity (Wildman–Crippen MR) is 114 cm³/mol. The predicted octanol–water partition coefficient (Wildman–Crippen LogP) is -2.60. The number of amides is 5. The van der Waals surface area contributed by atoms with Crippen LogP contribution in [-0.4, -0.2) is 87.7 Å². The summed E-state index contributed by atoms with van der Waals surface area (Å²) in [7, 11) is 0. The fraction of sp³-hybridized carbons (Fsp3) is 0.700. The number of carbonyl (C=O) groups excluding carboxylic acids is 5. The lowest BCUT2D eigenvalue weighted by molar-refractivity contribution is -0.150. The van der Waals surface area contributed by atoms with E-state index in [0.717, 1.165) is 0 Å². The molecule has 0 aromatic carbocycles. The third-order valence-electron chi connectivity index (χ3n) is 5.97. The summed E-state index contributed by atoms with van der Waals surface area (Å²) in [6, 6.07) is -4.04. The minimum absolute atomic E-state index is 0.0459. The van der Waals surface area contributed by atoms with Crippen molar-refractivity contribution in [3.8, 4) is 0 Å².